The lowest BCUT2D eigenvalue weighted by Gasteiger charge is -2.31. The van der Waals surface area contributed by atoms with Crippen LogP contribution in [0.2, 0.25) is 5.02 Å². The van der Waals surface area contributed by atoms with E-state index in [0.29, 0.717) is 42.1 Å². The van der Waals surface area contributed by atoms with E-state index in [2.05, 4.69) is 0 Å². The SMILES string of the molecule is O=C(COC(=O)C1CCN(C(=O)c2ccc(F)cc2)CC1)c1ccc(Cl)cc1. The van der Waals surface area contributed by atoms with E-state index in [1.807, 2.05) is 0 Å². The molecule has 2 aromatic rings. The van der Waals surface area contributed by atoms with Gasteiger partial charge in [0.1, 0.15) is 5.82 Å². The second-order valence-electron chi connectivity index (χ2n) is 6.61. The highest BCUT2D eigenvalue weighted by molar-refractivity contribution is 6.30. The zero-order valence-corrected chi connectivity index (χ0v) is 15.8. The van der Waals surface area contributed by atoms with E-state index in [-0.39, 0.29) is 24.2 Å². The second-order valence-corrected chi connectivity index (χ2v) is 7.05. The number of carbonyl (C=O) groups is 3. The van der Waals surface area contributed by atoms with Gasteiger partial charge in [-0.3, -0.25) is 14.4 Å². The summed E-state index contributed by atoms with van der Waals surface area (Å²) in [5.41, 5.74) is 0.841. The van der Waals surface area contributed by atoms with Gasteiger partial charge in [0.15, 0.2) is 12.4 Å². The Morgan fingerprint density at radius 2 is 1.54 bits per heavy atom. The van der Waals surface area contributed by atoms with Crippen LogP contribution in [0.3, 0.4) is 0 Å². The van der Waals surface area contributed by atoms with Crippen LogP contribution in [0, 0.1) is 11.7 Å². The van der Waals surface area contributed by atoms with Crippen LogP contribution in [0.1, 0.15) is 33.6 Å². The molecule has 0 bridgehead atoms. The lowest BCUT2D eigenvalue weighted by molar-refractivity contribution is -0.148. The summed E-state index contributed by atoms with van der Waals surface area (Å²) in [4.78, 5) is 38.3. The Morgan fingerprint density at radius 3 is 2.14 bits per heavy atom. The third-order valence-corrected chi connectivity index (χ3v) is 4.97. The van der Waals surface area contributed by atoms with Crippen molar-refractivity contribution in [3.63, 3.8) is 0 Å². The Hall–Kier alpha value is -2.73. The molecule has 0 spiro atoms. The Morgan fingerprint density at radius 1 is 0.964 bits per heavy atom. The Bertz CT molecular complexity index is 859. The number of halogens is 2. The molecule has 1 aliphatic heterocycles. The molecule has 0 N–H and O–H groups in total. The maximum Gasteiger partial charge on any atom is 0.309 e. The van der Waals surface area contributed by atoms with E-state index in [9.17, 15) is 18.8 Å². The number of likely N-dealkylation sites (tertiary alicyclic amines) is 1. The van der Waals surface area contributed by atoms with Crippen LogP contribution in [0.4, 0.5) is 4.39 Å². The molecular weight excluding hydrogens is 385 g/mol. The molecule has 2 aromatic carbocycles. The number of ketones is 1. The summed E-state index contributed by atoms with van der Waals surface area (Å²) in [5, 5.41) is 0.524. The van der Waals surface area contributed by atoms with E-state index >= 15 is 0 Å². The summed E-state index contributed by atoms with van der Waals surface area (Å²) >= 11 is 5.78. The number of nitrogens with zero attached hydrogens (tertiary/aromatic N) is 1. The van der Waals surface area contributed by atoms with Gasteiger partial charge in [0.05, 0.1) is 5.92 Å². The molecule has 7 heteroatoms. The maximum absolute atomic E-state index is 13.0. The minimum Gasteiger partial charge on any atom is -0.457 e. The van der Waals surface area contributed by atoms with Gasteiger partial charge in [0.25, 0.3) is 5.91 Å². The highest BCUT2D eigenvalue weighted by Crippen LogP contribution is 2.21. The highest BCUT2D eigenvalue weighted by atomic mass is 35.5. The maximum atomic E-state index is 13.0. The summed E-state index contributed by atoms with van der Waals surface area (Å²) in [6.45, 7) is 0.484. The molecule has 146 valence electrons. The number of hydrogen-bond acceptors (Lipinski definition) is 4. The van der Waals surface area contributed by atoms with Gasteiger partial charge in [-0.2, -0.15) is 0 Å². The first-order valence-electron chi connectivity index (χ1n) is 8.94. The van der Waals surface area contributed by atoms with Crippen molar-refractivity contribution in [2.45, 2.75) is 12.8 Å². The molecule has 0 aliphatic carbocycles. The molecule has 1 aliphatic rings. The minimum absolute atomic E-state index is 0.190. The van der Waals surface area contributed by atoms with Crippen LogP contribution >= 0.6 is 11.6 Å². The average molecular weight is 404 g/mol. The molecule has 0 atom stereocenters. The number of benzene rings is 2. The number of piperidine rings is 1. The summed E-state index contributed by atoms with van der Waals surface area (Å²) in [6.07, 6.45) is 0.918. The van der Waals surface area contributed by atoms with Crippen LogP contribution in [0.25, 0.3) is 0 Å². The molecule has 0 saturated carbocycles. The zero-order chi connectivity index (χ0) is 20.1. The molecule has 1 fully saturated rings. The number of rotatable bonds is 5. The van der Waals surface area contributed by atoms with E-state index in [1.54, 1.807) is 29.2 Å². The van der Waals surface area contributed by atoms with Crippen molar-refractivity contribution in [1.82, 2.24) is 4.90 Å². The molecule has 0 radical (unpaired) electrons. The second kappa shape index (κ2) is 8.97. The summed E-state index contributed by atoms with van der Waals surface area (Å²) in [7, 11) is 0. The van der Waals surface area contributed by atoms with Crippen molar-refractivity contribution in [3.8, 4) is 0 Å². The summed E-state index contributed by atoms with van der Waals surface area (Å²) in [6, 6.07) is 11.7. The lowest BCUT2D eigenvalue weighted by atomic mass is 9.96. The largest absolute Gasteiger partial charge is 0.457 e. The van der Waals surface area contributed by atoms with Crippen LogP contribution in [-0.2, 0) is 9.53 Å². The van der Waals surface area contributed by atoms with Crippen LogP contribution in [-0.4, -0.2) is 42.3 Å². The van der Waals surface area contributed by atoms with Crippen molar-refractivity contribution >= 4 is 29.3 Å². The molecule has 5 nitrogen and oxygen atoms in total. The fourth-order valence-electron chi connectivity index (χ4n) is 3.07. The van der Waals surface area contributed by atoms with Gasteiger partial charge in [0.2, 0.25) is 0 Å². The Balaban J connectivity index is 1.47. The molecule has 1 saturated heterocycles. The zero-order valence-electron chi connectivity index (χ0n) is 15.1. The first kappa shape index (κ1) is 20.0. The Kier molecular flexibility index (Phi) is 6.41. The van der Waals surface area contributed by atoms with E-state index in [1.165, 1.54) is 24.3 Å². The monoisotopic (exact) mass is 403 g/mol. The first-order valence-corrected chi connectivity index (χ1v) is 9.32. The normalized spacial score (nSPS) is 14.6. The van der Waals surface area contributed by atoms with Gasteiger partial charge in [-0.1, -0.05) is 11.6 Å². The smallest absolute Gasteiger partial charge is 0.309 e. The van der Waals surface area contributed by atoms with Crippen LogP contribution in [0.5, 0.6) is 0 Å². The molecule has 0 unspecified atom stereocenters. The van der Waals surface area contributed by atoms with E-state index in [4.69, 9.17) is 16.3 Å². The van der Waals surface area contributed by atoms with Gasteiger partial charge in [-0.25, -0.2) is 4.39 Å². The summed E-state index contributed by atoms with van der Waals surface area (Å²) in [5.74, 6) is -1.67. The van der Waals surface area contributed by atoms with Gasteiger partial charge >= 0.3 is 5.97 Å². The molecular formula is C21H19ClFNO4. The number of Topliss-reactive ketones (excluding diaryl/α,β-unsaturated/α-hetero) is 1. The third kappa shape index (κ3) is 4.95. The third-order valence-electron chi connectivity index (χ3n) is 4.72. The number of carbonyl (C=O) groups excluding carboxylic acids is 3. The number of esters is 1. The highest BCUT2D eigenvalue weighted by Gasteiger charge is 2.29. The van der Waals surface area contributed by atoms with Crippen molar-refractivity contribution in [1.29, 1.82) is 0 Å². The lowest BCUT2D eigenvalue weighted by Crippen LogP contribution is -2.40. The Labute approximate surface area is 167 Å². The molecule has 1 amide bonds. The van der Waals surface area contributed by atoms with Crippen molar-refractivity contribution in [3.05, 3.63) is 70.5 Å². The van der Waals surface area contributed by atoms with E-state index < -0.39 is 11.8 Å². The molecule has 1 heterocycles. The fraction of sp³-hybridized carbons (Fsp3) is 0.286. The molecule has 3 rings (SSSR count). The first-order chi connectivity index (χ1) is 13.4. The molecule has 0 aromatic heterocycles. The van der Waals surface area contributed by atoms with Crippen molar-refractivity contribution in [2.24, 2.45) is 5.92 Å². The number of hydrogen-bond donors (Lipinski definition) is 0. The van der Waals surface area contributed by atoms with Gasteiger partial charge in [0, 0.05) is 29.2 Å². The van der Waals surface area contributed by atoms with Gasteiger partial charge < -0.3 is 9.64 Å². The predicted molar refractivity (Wildman–Crippen MR) is 102 cm³/mol. The minimum atomic E-state index is -0.434. The number of ether oxygens (including phenoxy) is 1. The van der Waals surface area contributed by atoms with E-state index in [0.717, 1.165) is 0 Å². The van der Waals surface area contributed by atoms with Crippen LogP contribution in [0.15, 0.2) is 48.5 Å². The topological polar surface area (TPSA) is 63.7 Å². The quantitative estimate of drug-likeness (QED) is 0.563. The van der Waals surface area contributed by atoms with Crippen molar-refractivity contribution in [2.75, 3.05) is 19.7 Å². The summed E-state index contributed by atoms with van der Waals surface area (Å²) < 4.78 is 18.1. The average Bonchev–Trinajstić information content (AvgIpc) is 2.72. The van der Waals surface area contributed by atoms with Gasteiger partial charge in [-0.15, -0.1) is 0 Å². The molecule has 28 heavy (non-hydrogen) atoms. The standard InChI is InChI=1S/C21H19ClFNO4/c22-17-5-1-14(2-6-17)19(25)13-28-21(27)16-9-11-24(12-10-16)20(26)15-3-7-18(23)8-4-15/h1-8,16H,9-13H2. The predicted octanol–water partition coefficient (Wildman–Crippen LogP) is 3.76. The van der Waals surface area contributed by atoms with Gasteiger partial charge in [-0.05, 0) is 61.4 Å². The van der Waals surface area contributed by atoms with Crippen molar-refractivity contribution < 1.29 is 23.5 Å². The fourth-order valence-corrected chi connectivity index (χ4v) is 3.19. The van der Waals surface area contributed by atoms with Crippen LogP contribution < -0.4 is 0 Å². The number of amides is 1.